The zero-order valence-corrected chi connectivity index (χ0v) is 18.1. The third-order valence-electron chi connectivity index (χ3n) is 5.44. The Labute approximate surface area is 184 Å². The highest BCUT2D eigenvalue weighted by Crippen LogP contribution is 2.37. The number of aryl methyl sites for hydroxylation is 2. The van der Waals surface area contributed by atoms with Gasteiger partial charge in [-0.15, -0.1) is 0 Å². The molecule has 4 rings (SSSR count). The van der Waals surface area contributed by atoms with E-state index in [-0.39, 0.29) is 29.5 Å². The van der Waals surface area contributed by atoms with Crippen molar-refractivity contribution in [2.75, 3.05) is 0 Å². The molecule has 2 heterocycles. The molecule has 1 unspecified atom stereocenters. The van der Waals surface area contributed by atoms with Crippen LogP contribution in [0.4, 0.5) is 5.69 Å². The van der Waals surface area contributed by atoms with Gasteiger partial charge >= 0.3 is 5.69 Å². The summed E-state index contributed by atoms with van der Waals surface area (Å²) in [5.41, 5.74) is 4.91. The molecule has 2 aromatic heterocycles. The molecule has 2 aromatic carbocycles. The van der Waals surface area contributed by atoms with Gasteiger partial charge in [-0.05, 0) is 50.6 Å². The number of nitrogens with zero attached hydrogens (tertiary/aromatic N) is 4. The Morgan fingerprint density at radius 1 is 1.06 bits per heavy atom. The standard InChI is InChI=1S/C23H21ClN4O3/c1-14-22(16(3)27(25-14)19-7-5-4-6-8-19)20(17-9-11-18(24)12-10-17)13-21-23(28(29)30)15(2)26-31-21/h4-12,20H,13H2,1-3H3. The molecule has 8 heteroatoms. The van der Waals surface area contributed by atoms with E-state index in [9.17, 15) is 10.1 Å². The van der Waals surface area contributed by atoms with Gasteiger partial charge in [0.2, 0.25) is 5.76 Å². The Kier molecular flexibility index (Phi) is 5.61. The van der Waals surface area contributed by atoms with Crippen molar-refractivity contribution in [3.8, 4) is 5.69 Å². The number of hydrogen-bond donors (Lipinski definition) is 0. The van der Waals surface area contributed by atoms with Gasteiger partial charge in [-0.2, -0.15) is 5.10 Å². The SMILES string of the molecule is Cc1nn(-c2ccccc2)c(C)c1C(Cc1onc(C)c1[N+](=O)[O-])c1ccc(Cl)cc1. The number of rotatable bonds is 6. The third-order valence-corrected chi connectivity index (χ3v) is 5.69. The van der Waals surface area contributed by atoms with Crippen LogP contribution in [0.5, 0.6) is 0 Å². The average Bonchev–Trinajstić information content (AvgIpc) is 3.26. The lowest BCUT2D eigenvalue weighted by atomic mass is 9.86. The zero-order valence-electron chi connectivity index (χ0n) is 17.4. The third kappa shape index (κ3) is 3.96. The number of nitro groups is 1. The van der Waals surface area contributed by atoms with Crippen molar-refractivity contribution in [1.29, 1.82) is 0 Å². The van der Waals surface area contributed by atoms with Crippen molar-refractivity contribution in [3.63, 3.8) is 0 Å². The molecule has 0 radical (unpaired) electrons. The topological polar surface area (TPSA) is 87.0 Å². The first-order valence-electron chi connectivity index (χ1n) is 9.83. The molecule has 0 saturated carbocycles. The first-order valence-corrected chi connectivity index (χ1v) is 10.2. The monoisotopic (exact) mass is 436 g/mol. The van der Waals surface area contributed by atoms with Gasteiger partial charge in [0.1, 0.15) is 0 Å². The molecule has 0 N–H and O–H groups in total. The maximum absolute atomic E-state index is 11.6. The smallest absolute Gasteiger partial charge is 0.334 e. The minimum absolute atomic E-state index is 0.0790. The van der Waals surface area contributed by atoms with E-state index < -0.39 is 4.92 Å². The lowest BCUT2D eigenvalue weighted by molar-refractivity contribution is -0.386. The van der Waals surface area contributed by atoms with Crippen LogP contribution in [-0.4, -0.2) is 19.9 Å². The Bertz CT molecular complexity index is 1230. The summed E-state index contributed by atoms with van der Waals surface area (Å²) in [5.74, 6) is 0.0227. The maximum atomic E-state index is 11.6. The molecular formula is C23H21ClN4O3. The Balaban J connectivity index is 1.86. The number of halogens is 1. The molecule has 7 nitrogen and oxygen atoms in total. The van der Waals surface area contributed by atoms with E-state index in [1.54, 1.807) is 6.92 Å². The van der Waals surface area contributed by atoms with E-state index in [1.807, 2.05) is 73.1 Å². The Morgan fingerprint density at radius 2 is 1.74 bits per heavy atom. The van der Waals surface area contributed by atoms with Gasteiger partial charge in [0.25, 0.3) is 0 Å². The van der Waals surface area contributed by atoms with Gasteiger partial charge in [0.05, 0.1) is 16.3 Å². The van der Waals surface area contributed by atoms with E-state index in [2.05, 4.69) is 5.16 Å². The first-order chi connectivity index (χ1) is 14.9. The molecule has 0 fully saturated rings. The molecule has 0 bridgehead atoms. The second-order valence-corrected chi connectivity index (χ2v) is 7.87. The van der Waals surface area contributed by atoms with Crippen molar-refractivity contribution in [3.05, 3.63) is 104 Å². The highest BCUT2D eigenvalue weighted by atomic mass is 35.5. The van der Waals surface area contributed by atoms with E-state index in [4.69, 9.17) is 21.2 Å². The second-order valence-electron chi connectivity index (χ2n) is 7.44. The molecular weight excluding hydrogens is 416 g/mol. The molecule has 0 aliphatic carbocycles. The normalized spacial score (nSPS) is 12.1. The summed E-state index contributed by atoms with van der Waals surface area (Å²) in [6.07, 6.45) is 0.279. The predicted molar refractivity (Wildman–Crippen MR) is 118 cm³/mol. The number of hydrogen-bond acceptors (Lipinski definition) is 5. The molecule has 4 aromatic rings. The van der Waals surface area contributed by atoms with Gasteiger partial charge in [-0.3, -0.25) is 10.1 Å². The van der Waals surface area contributed by atoms with E-state index >= 15 is 0 Å². The summed E-state index contributed by atoms with van der Waals surface area (Å²) >= 11 is 6.11. The van der Waals surface area contributed by atoms with E-state index in [0.717, 1.165) is 28.2 Å². The summed E-state index contributed by atoms with van der Waals surface area (Å²) in [7, 11) is 0. The van der Waals surface area contributed by atoms with Crippen molar-refractivity contribution in [2.24, 2.45) is 0 Å². The van der Waals surface area contributed by atoms with Crippen LogP contribution in [0, 0.1) is 30.9 Å². The lowest BCUT2D eigenvalue weighted by Crippen LogP contribution is -2.09. The predicted octanol–water partition coefficient (Wildman–Crippen LogP) is 5.72. The van der Waals surface area contributed by atoms with Gasteiger partial charge in [0.15, 0.2) is 5.69 Å². The van der Waals surface area contributed by atoms with Gasteiger partial charge < -0.3 is 4.52 Å². The highest BCUT2D eigenvalue weighted by molar-refractivity contribution is 6.30. The van der Waals surface area contributed by atoms with Crippen LogP contribution < -0.4 is 0 Å². The van der Waals surface area contributed by atoms with Crippen LogP contribution in [0.2, 0.25) is 5.02 Å². The summed E-state index contributed by atoms with van der Waals surface area (Å²) in [6, 6.07) is 17.4. The quantitative estimate of drug-likeness (QED) is 0.285. The average molecular weight is 437 g/mol. The first kappa shape index (κ1) is 20.8. The molecule has 0 amide bonds. The molecule has 0 aliphatic rings. The molecule has 1 atom stereocenters. The Morgan fingerprint density at radius 3 is 2.39 bits per heavy atom. The maximum Gasteiger partial charge on any atom is 0.334 e. The van der Waals surface area contributed by atoms with Crippen molar-refractivity contribution in [1.82, 2.24) is 14.9 Å². The van der Waals surface area contributed by atoms with Crippen LogP contribution in [-0.2, 0) is 6.42 Å². The van der Waals surface area contributed by atoms with E-state index in [1.165, 1.54) is 0 Å². The van der Waals surface area contributed by atoms with Crippen molar-refractivity contribution in [2.45, 2.75) is 33.1 Å². The number of aromatic nitrogens is 3. The van der Waals surface area contributed by atoms with Gasteiger partial charge in [0, 0.05) is 28.6 Å². The fraction of sp³-hybridized carbons (Fsp3) is 0.217. The summed E-state index contributed by atoms with van der Waals surface area (Å²) < 4.78 is 7.28. The molecule has 0 saturated heterocycles. The summed E-state index contributed by atoms with van der Waals surface area (Å²) in [4.78, 5) is 11.2. The molecule has 158 valence electrons. The largest absolute Gasteiger partial charge is 0.354 e. The van der Waals surface area contributed by atoms with Crippen LogP contribution in [0.1, 0.15) is 39.9 Å². The molecule has 0 spiro atoms. The van der Waals surface area contributed by atoms with Crippen LogP contribution >= 0.6 is 11.6 Å². The van der Waals surface area contributed by atoms with Crippen LogP contribution in [0.15, 0.2) is 59.1 Å². The number of para-hydroxylation sites is 1. The van der Waals surface area contributed by atoms with Crippen molar-refractivity contribution >= 4 is 17.3 Å². The van der Waals surface area contributed by atoms with E-state index in [0.29, 0.717) is 5.02 Å². The summed E-state index contributed by atoms with van der Waals surface area (Å²) in [5, 5.41) is 20.8. The minimum atomic E-state index is -0.437. The van der Waals surface area contributed by atoms with Gasteiger partial charge in [-0.1, -0.05) is 47.1 Å². The van der Waals surface area contributed by atoms with Crippen LogP contribution in [0.3, 0.4) is 0 Å². The van der Waals surface area contributed by atoms with Crippen molar-refractivity contribution < 1.29 is 9.45 Å². The summed E-state index contributed by atoms with van der Waals surface area (Å²) in [6.45, 7) is 5.53. The molecule has 31 heavy (non-hydrogen) atoms. The van der Waals surface area contributed by atoms with Crippen LogP contribution in [0.25, 0.3) is 5.69 Å². The number of benzene rings is 2. The zero-order chi connectivity index (χ0) is 22.1. The highest BCUT2D eigenvalue weighted by Gasteiger charge is 2.31. The fourth-order valence-corrected chi connectivity index (χ4v) is 4.15. The minimum Gasteiger partial charge on any atom is -0.354 e. The lowest BCUT2D eigenvalue weighted by Gasteiger charge is -2.17. The fourth-order valence-electron chi connectivity index (χ4n) is 4.03. The Hall–Kier alpha value is -3.45. The van der Waals surface area contributed by atoms with Gasteiger partial charge in [-0.25, -0.2) is 4.68 Å². The molecule has 0 aliphatic heterocycles. The second kappa shape index (κ2) is 8.35.